The quantitative estimate of drug-likeness (QED) is 0.809. The first-order chi connectivity index (χ1) is 9.31. The fourth-order valence-electron chi connectivity index (χ4n) is 1.86. The summed E-state index contributed by atoms with van der Waals surface area (Å²) in [6.07, 6.45) is 2.80. The third kappa shape index (κ3) is 4.48. The monoisotopic (exact) mass is 317 g/mol. The van der Waals surface area contributed by atoms with Crippen molar-refractivity contribution in [2.24, 2.45) is 0 Å². The molecule has 0 spiro atoms. The Morgan fingerprint density at radius 1 is 1.35 bits per heavy atom. The van der Waals surface area contributed by atoms with Gasteiger partial charge in [0.15, 0.2) is 0 Å². The highest BCUT2D eigenvalue weighted by atomic mass is 32.2. The Bertz CT molecular complexity index is 556. The summed E-state index contributed by atoms with van der Waals surface area (Å²) in [5, 5.41) is 9.63. The lowest BCUT2D eigenvalue weighted by Crippen LogP contribution is -2.27. The molecule has 0 aliphatic rings. The minimum Gasteiger partial charge on any atom is -0.392 e. The van der Waals surface area contributed by atoms with Crippen molar-refractivity contribution in [3.05, 3.63) is 28.8 Å². The van der Waals surface area contributed by atoms with Gasteiger partial charge in [0.1, 0.15) is 0 Å². The lowest BCUT2D eigenvalue weighted by atomic mass is 10.1. The summed E-state index contributed by atoms with van der Waals surface area (Å²) in [6.45, 7) is 5.97. The van der Waals surface area contributed by atoms with Crippen LogP contribution in [-0.2, 0) is 16.6 Å². The lowest BCUT2D eigenvalue weighted by Gasteiger charge is -2.14. The topological polar surface area (TPSA) is 66.4 Å². The van der Waals surface area contributed by atoms with E-state index >= 15 is 0 Å². The molecule has 6 heteroatoms. The van der Waals surface area contributed by atoms with Crippen LogP contribution in [0.2, 0.25) is 0 Å². The maximum Gasteiger partial charge on any atom is 0.240 e. The number of aliphatic hydroxyl groups is 1. The summed E-state index contributed by atoms with van der Waals surface area (Å²) in [4.78, 5) is 0.262. The fraction of sp³-hybridized carbons (Fsp3) is 0.571. The van der Waals surface area contributed by atoms with E-state index in [1.807, 2.05) is 19.2 Å². The van der Waals surface area contributed by atoms with Crippen molar-refractivity contribution in [2.75, 3.05) is 12.8 Å². The van der Waals surface area contributed by atoms with Gasteiger partial charge in [-0.05, 0) is 49.3 Å². The largest absolute Gasteiger partial charge is 0.392 e. The fourth-order valence-corrected chi connectivity index (χ4v) is 3.63. The molecule has 0 radical (unpaired) electrons. The summed E-state index contributed by atoms with van der Waals surface area (Å²) >= 11 is 1.71. The van der Waals surface area contributed by atoms with E-state index in [4.69, 9.17) is 0 Å². The molecule has 0 heterocycles. The Labute approximate surface area is 126 Å². The van der Waals surface area contributed by atoms with Crippen LogP contribution in [0.15, 0.2) is 17.0 Å². The Hall–Kier alpha value is -0.560. The molecule has 1 rings (SSSR count). The molecule has 0 fully saturated rings. The van der Waals surface area contributed by atoms with Crippen molar-refractivity contribution in [2.45, 2.75) is 43.9 Å². The Kier molecular flexibility index (Phi) is 6.51. The molecule has 0 aliphatic carbocycles. The number of rotatable bonds is 7. The highest BCUT2D eigenvalue weighted by Gasteiger charge is 2.18. The van der Waals surface area contributed by atoms with E-state index in [-0.39, 0.29) is 11.5 Å². The van der Waals surface area contributed by atoms with Crippen molar-refractivity contribution in [3.8, 4) is 0 Å². The highest BCUT2D eigenvalue weighted by molar-refractivity contribution is 7.99. The van der Waals surface area contributed by atoms with Gasteiger partial charge in [0.25, 0.3) is 0 Å². The van der Waals surface area contributed by atoms with Gasteiger partial charge in [0.2, 0.25) is 10.0 Å². The maximum atomic E-state index is 12.3. The third-order valence-corrected chi connectivity index (χ3v) is 6.02. The molecule has 0 saturated carbocycles. The molecule has 1 unspecified atom stereocenters. The molecular formula is C14H23NO3S2. The normalized spacial score (nSPS) is 13.4. The summed E-state index contributed by atoms with van der Waals surface area (Å²) in [7, 11) is -3.52. The second kappa shape index (κ2) is 7.45. The number of thioether (sulfide) groups is 1. The average molecular weight is 317 g/mol. The Balaban J connectivity index is 2.95. The number of hydrogen-bond acceptors (Lipinski definition) is 4. The van der Waals surface area contributed by atoms with Gasteiger partial charge in [-0.3, -0.25) is 0 Å². The van der Waals surface area contributed by atoms with Crippen molar-refractivity contribution in [1.29, 1.82) is 0 Å². The second-order valence-electron chi connectivity index (χ2n) is 4.93. The molecule has 1 atom stereocenters. The molecule has 0 aliphatic heterocycles. The molecule has 0 saturated heterocycles. The van der Waals surface area contributed by atoms with Gasteiger partial charge < -0.3 is 5.11 Å². The van der Waals surface area contributed by atoms with E-state index in [0.29, 0.717) is 17.4 Å². The van der Waals surface area contributed by atoms with Crippen molar-refractivity contribution in [3.63, 3.8) is 0 Å². The van der Waals surface area contributed by atoms with Crippen LogP contribution >= 0.6 is 11.8 Å². The molecule has 2 N–H and O–H groups in total. The van der Waals surface area contributed by atoms with Crippen LogP contribution < -0.4 is 4.72 Å². The zero-order valence-corrected chi connectivity index (χ0v) is 14.1. The van der Waals surface area contributed by atoms with Crippen LogP contribution in [0.3, 0.4) is 0 Å². The van der Waals surface area contributed by atoms with E-state index in [1.165, 1.54) is 0 Å². The Morgan fingerprint density at radius 3 is 2.55 bits per heavy atom. The third-order valence-electron chi connectivity index (χ3n) is 3.40. The van der Waals surface area contributed by atoms with Crippen LogP contribution in [0.5, 0.6) is 0 Å². The molecule has 4 nitrogen and oxygen atoms in total. The molecule has 0 aromatic heterocycles. The van der Waals surface area contributed by atoms with Crippen molar-refractivity contribution < 1.29 is 13.5 Å². The first-order valence-corrected chi connectivity index (χ1v) is 9.32. The lowest BCUT2D eigenvalue weighted by molar-refractivity contribution is 0.281. The molecule has 114 valence electrons. The Morgan fingerprint density at radius 2 is 2.00 bits per heavy atom. The zero-order chi connectivity index (χ0) is 15.3. The highest BCUT2D eigenvalue weighted by Crippen LogP contribution is 2.21. The first kappa shape index (κ1) is 17.5. The molecule has 1 aromatic rings. The van der Waals surface area contributed by atoms with Gasteiger partial charge >= 0.3 is 0 Å². The van der Waals surface area contributed by atoms with Gasteiger partial charge in [-0.15, -0.1) is 0 Å². The number of hydrogen-bond donors (Lipinski definition) is 2. The smallest absolute Gasteiger partial charge is 0.240 e. The number of nitrogens with one attached hydrogen (secondary N) is 1. The van der Waals surface area contributed by atoms with Gasteiger partial charge in [-0.1, -0.05) is 13.0 Å². The SMILES string of the molecule is CSC(C)CCNS(=O)(=O)c1cc(CO)cc(C)c1C. The minimum absolute atomic E-state index is 0.160. The van der Waals surface area contributed by atoms with Crippen LogP contribution in [0.1, 0.15) is 30.0 Å². The summed E-state index contributed by atoms with van der Waals surface area (Å²) < 4.78 is 27.3. The van der Waals surface area contributed by atoms with E-state index in [0.717, 1.165) is 17.5 Å². The van der Waals surface area contributed by atoms with Gasteiger partial charge in [-0.25, -0.2) is 13.1 Å². The molecule has 0 bridgehead atoms. The standard InChI is InChI=1S/C14H23NO3S2/c1-10-7-13(9-16)8-14(12(10)3)20(17,18)15-6-5-11(2)19-4/h7-8,11,15-16H,5-6,9H2,1-4H3. The first-order valence-electron chi connectivity index (χ1n) is 6.55. The van der Waals surface area contributed by atoms with Crippen LogP contribution in [-0.4, -0.2) is 31.6 Å². The van der Waals surface area contributed by atoms with Crippen molar-refractivity contribution >= 4 is 21.8 Å². The summed E-state index contributed by atoms with van der Waals surface area (Å²) in [5.41, 5.74) is 2.22. The molecular weight excluding hydrogens is 294 g/mol. The molecule has 1 aromatic carbocycles. The van der Waals surface area contributed by atoms with E-state index < -0.39 is 10.0 Å². The number of aliphatic hydroxyl groups excluding tert-OH is 1. The minimum atomic E-state index is -3.52. The predicted molar refractivity (Wildman–Crippen MR) is 84.6 cm³/mol. The second-order valence-corrected chi connectivity index (χ2v) is 7.94. The average Bonchev–Trinajstić information content (AvgIpc) is 2.40. The molecule has 0 amide bonds. The number of aryl methyl sites for hydroxylation is 1. The predicted octanol–water partition coefficient (Wildman–Crippen LogP) is 2.22. The van der Waals surface area contributed by atoms with E-state index in [2.05, 4.69) is 11.6 Å². The van der Waals surface area contributed by atoms with Gasteiger partial charge in [0, 0.05) is 11.8 Å². The molecule has 20 heavy (non-hydrogen) atoms. The van der Waals surface area contributed by atoms with Crippen molar-refractivity contribution in [1.82, 2.24) is 4.72 Å². The maximum absolute atomic E-state index is 12.3. The zero-order valence-electron chi connectivity index (χ0n) is 12.4. The van der Waals surface area contributed by atoms with E-state index in [9.17, 15) is 13.5 Å². The van der Waals surface area contributed by atoms with E-state index in [1.54, 1.807) is 24.8 Å². The van der Waals surface area contributed by atoms with Crippen LogP contribution in [0, 0.1) is 13.8 Å². The van der Waals surface area contributed by atoms with Gasteiger partial charge in [0.05, 0.1) is 11.5 Å². The van der Waals surface area contributed by atoms with Crippen LogP contribution in [0.4, 0.5) is 0 Å². The number of sulfonamides is 1. The van der Waals surface area contributed by atoms with Gasteiger partial charge in [-0.2, -0.15) is 11.8 Å². The van der Waals surface area contributed by atoms with Crippen LogP contribution in [0.25, 0.3) is 0 Å². The number of benzene rings is 1. The summed E-state index contributed by atoms with van der Waals surface area (Å²) in [6, 6.07) is 3.35. The summed E-state index contributed by atoms with van der Waals surface area (Å²) in [5.74, 6) is 0.